The molecule has 0 unspecified atom stereocenters. The first-order chi connectivity index (χ1) is 11.6. The van der Waals surface area contributed by atoms with Gasteiger partial charge >= 0.3 is 0 Å². The van der Waals surface area contributed by atoms with E-state index in [0.717, 1.165) is 0 Å². The number of ether oxygens (including phenoxy) is 1. The molecule has 24 heavy (non-hydrogen) atoms. The first-order valence-corrected chi connectivity index (χ1v) is 7.79. The summed E-state index contributed by atoms with van der Waals surface area (Å²) in [5.41, 5.74) is 0.447. The van der Waals surface area contributed by atoms with Gasteiger partial charge in [-0.25, -0.2) is 4.98 Å². The Morgan fingerprint density at radius 3 is 2.92 bits per heavy atom. The topological polar surface area (TPSA) is 87.0 Å². The third kappa shape index (κ3) is 5.30. The summed E-state index contributed by atoms with van der Waals surface area (Å²) in [4.78, 5) is 15.8. The summed E-state index contributed by atoms with van der Waals surface area (Å²) in [5, 5.41) is 15.5. The Morgan fingerprint density at radius 2 is 2.12 bits per heavy atom. The molecule has 1 amide bonds. The standard InChI is InChI=1S/C16H14Cl2N4O2/c17-12-3-4-13(18)14(8-12)24-10-15(23)20-6-7-22-16-11(9-19)2-1-5-21-16/h1-5,8H,6-7,10H2,(H,20,23)(H,21,22). The smallest absolute Gasteiger partial charge is 0.258 e. The van der Waals surface area contributed by atoms with Crippen LogP contribution in [0.25, 0.3) is 0 Å². The number of nitrogens with zero attached hydrogens (tertiary/aromatic N) is 2. The first-order valence-electron chi connectivity index (χ1n) is 7.03. The molecule has 1 aromatic heterocycles. The SMILES string of the molecule is N#Cc1cccnc1NCCNC(=O)COc1cc(Cl)ccc1Cl. The highest BCUT2D eigenvalue weighted by Crippen LogP contribution is 2.27. The maximum atomic E-state index is 11.7. The van der Waals surface area contributed by atoms with Crippen LogP contribution in [0.2, 0.25) is 10.0 Å². The van der Waals surface area contributed by atoms with Gasteiger partial charge in [-0.2, -0.15) is 5.26 Å². The van der Waals surface area contributed by atoms with E-state index >= 15 is 0 Å². The van der Waals surface area contributed by atoms with Crippen LogP contribution in [0.4, 0.5) is 5.82 Å². The van der Waals surface area contributed by atoms with Gasteiger partial charge in [0, 0.05) is 30.4 Å². The van der Waals surface area contributed by atoms with Crippen molar-refractivity contribution >= 4 is 34.9 Å². The number of carbonyl (C=O) groups excluding carboxylic acids is 1. The largest absolute Gasteiger partial charge is 0.482 e. The van der Waals surface area contributed by atoms with Gasteiger partial charge in [-0.15, -0.1) is 0 Å². The van der Waals surface area contributed by atoms with Crippen LogP contribution in [0.15, 0.2) is 36.5 Å². The van der Waals surface area contributed by atoms with Crippen LogP contribution in [-0.4, -0.2) is 30.6 Å². The molecule has 124 valence electrons. The fourth-order valence-electron chi connectivity index (χ4n) is 1.80. The Balaban J connectivity index is 1.72. The average molecular weight is 365 g/mol. The maximum Gasteiger partial charge on any atom is 0.258 e. The van der Waals surface area contributed by atoms with Crippen LogP contribution in [-0.2, 0) is 4.79 Å². The number of nitriles is 1. The van der Waals surface area contributed by atoms with Crippen LogP contribution < -0.4 is 15.4 Å². The van der Waals surface area contributed by atoms with Crippen molar-refractivity contribution in [3.63, 3.8) is 0 Å². The minimum absolute atomic E-state index is 0.174. The van der Waals surface area contributed by atoms with Gasteiger partial charge in [0.2, 0.25) is 0 Å². The zero-order chi connectivity index (χ0) is 17.4. The van der Waals surface area contributed by atoms with E-state index in [0.29, 0.717) is 40.3 Å². The highest BCUT2D eigenvalue weighted by atomic mass is 35.5. The molecule has 0 atom stereocenters. The van der Waals surface area contributed by atoms with Crippen molar-refractivity contribution in [2.45, 2.75) is 0 Å². The normalized spacial score (nSPS) is 9.88. The second kappa shape index (κ2) is 8.96. The molecule has 2 aromatic rings. The molecular formula is C16H14Cl2N4O2. The molecule has 1 aromatic carbocycles. The maximum absolute atomic E-state index is 11.7. The lowest BCUT2D eigenvalue weighted by molar-refractivity contribution is -0.123. The number of aromatic nitrogens is 1. The number of anilines is 1. The van der Waals surface area contributed by atoms with E-state index in [9.17, 15) is 4.79 Å². The van der Waals surface area contributed by atoms with Gasteiger partial charge in [-0.3, -0.25) is 4.79 Å². The lowest BCUT2D eigenvalue weighted by atomic mass is 10.3. The van der Waals surface area contributed by atoms with E-state index in [1.807, 2.05) is 6.07 Å². The highest BCUT2D eigenvalue weighted by Gasteiger charge is 2.07. The van der Waals surface area contributed by atoms with Gasteiger partial charge in [0.25, 0.3) is 5.91 Å². The number of halogens is 2. The molecule has 6 nitrogen and oxygen atoms in total. The first kappa shape index (κ1) is 17.9. The number of carbonyl (C=O) groups is 1. The fourth-order valence-corrected chi connectivity index (χ4v) is 2.14. The van der Waals surface area contributed by atoms with Crippen molar-refractivity contribution < 1.29 is 9.53 Å². The third-order valence-electron chi connectivity index (χ3n) is 2.92. The molecule has 1 heterocycles. The monoisotopic (exact) mass is 364 g/mol. The van der Waals surface area contributed by atoms with Gasteiger partial charge in [-0.05, 0) is 24.3 Å². The molecule has 2 N–H and O–H groups in total. The summed E-state index contributed by atoms with van der Waals surface area (Å²) in [5.74, 6) is 0.537. The van der Waals surface area contributed by atoms with E-state index in [1.54, 1.807) is 36.5 Å². The molecule has 0 aliphatic heterocycles. The average Bonchev–Trinajstić information content (AvgIpc) is 2.59. The molecule has 0 bridgehead atoms. The molecule has 0 aliphatic carbocycles. The lowest BCUT2D eigenvalue weighted by Crippen LogP contribution is -2.32. The van der Waals surface area contributed by atoms with Gasteiger partial charge < -0.3 is 15.4 Å². The predicted molar refractivity (Wildman–Crippen MR) is 92.4 cm³/mol. The van der Waals surface area contributed by atoms with E-state index in [-0.39, 0.29) is 12.5 Å². The molecule has 0 saturated heterocycles. The zero-order valence-electron chi connectivity index (χ0n) is 12.6. The van der Waals surface area contributed by atoms with Crippen molar-refractivity contribution in [3.8, 4) is 11.8 Å². The van der Waals surface area contributed by atoms with Gasteiger partial charge in [0.1, 0.15) is 17.6 Å². The molecule has 0 radical (unpaired) electrons. The Kier molecular flexibility index (Phi) is 6.67. The Hall–Kier alpha value is -2.49. The summed E-state index contributed by atoms with van der Waals surface area (Å²) in [7, 11) is 0. The van der Waals surface area contributed by atoms with E-state index < -0.39 is 0 Å². The highest BCUT2D eigenvalue weighted by molar-refractivity contribution is 6.34. The van der Waals surface area contributed by atoms with Crippen LogP contribution in [0.5, 0.6) is 5.75 Å². The number of amides is 1. The molecule has 0 saturated carbocycles. The van der Waals surface area contributed by atoms with Gasteiger partial charge in [0.05, 0.1) is 10.6 Å². The number of hydrogen-bond donors (Lipinski definition) is 2. The quantitative estimate of drug-likeness (QED) is 0.737. The summed E-state index contributed by atoms with van der Waals surface area (Å²) in [6.07, 6.45) is 1.59. The Morgan fingerprint density at radius 1 is 1.29 bits per heavy atom. The number of hydrogen-bond acceptors (Lipinski definition) is 5. The second-order valence-corrected chi connectivity index (χ2v) is 5.50. The Bertz CT molecular complexity index is 762. The van der Waals surface area contributed by atoms with E-state index in [2.05, 4.69) is 15.6 Å². The molecule has 0 spiro atoms. The van der Waals surface area contributed by atoms with Crippen LogP contribution in [0.1, 0.15) is 5.56 Å². The fraction of sp³-hybridized carbons (Fsp3) is 0.188. The van der Waals surface area contributed by atoms with Gasteiger partial charge in [-0.1, -0.05) is 23.2 Å². The number of benzene rings is 1. The van der Waals surface area contributed by atoms with Crippen molar-refractivity contribution in [1.82, 2.24) is 10.3 Å². The minimum Gasteiger partial charge on any atom is -0.482 e. The van der Waals surface area contributed by atoms with Crippen molar-refractivity contribution in [2.24, 2.45) is 0 Å². The molecular weight excluding hydrogens is 351 g/mol. The Labute approximate surface area is 149 Å². The summed E-state index contributed by atoms with van der Waals surface area (Å²) < 4.78 is 5.33. The van der Waals surface area contributed by atoms with Crippen molar-refractivity contribution in [3.05, 3.63) is 52.1 Å². The zero-order valence-corrected chi connectivity index (χ0v) is 14.1. The molecule has 2 rings (SSSR count). The number of pyridine rings is 1. The van der Waals surface area contributed by atoms with Crippen LogP contribution >= 0.6 is 23.2 Å². The molecule has 0 aliphatic rings. The second-order valence-electron chi connectivity index (χ2n) is 4.65. The van der Waals surface area contributed by atoms with E-state index in [4.69, 9.17) is 33.2 Å². The van der Waals surface area contributed by atoms with Crippen molar-refractivity contribution in [1.29, 1.82) is 5.26 Å². The summed E-state index contributed by atoms with van der Waals surface area (Å²) >= 11 is 11.8. The van der Waals surface area contributed by atoms with Crippen LogP contribution in [0, 0.1) is 11.3 Å². The molecule has 0 fully saturated rings. The number of nitrogens with one attached hydrogen (secondary N) is 2. The summed E-state index contributed by atoms with van der Waals surface area (Å²) in [6, 6.07) is 10.2. The van der Waals surface area contributed by atoms with Gasteiger partial charge in [0.15, 0.2) is 6.61 Å². The lowest BCUT2D eigenvalue weighted by Gasteiger charge is -2.10. The summed E-state index contributed by atoms with van der Waals surface area (Å²) in [6.45, 7) is 0.607. The predicted octanol–water partition coefficient (Wildman–Crippen LogP) is 2.87. The molecule has 8 heteroatoms. The van der Waals surface area contributed by atoms with E-state index in [1.165, 1.54) is 0 Å². The minimum atomic E-state index is -0.297. The van der Waals surface area contributed by atoms with Crippen molar-refractivity contribution in [2.75, 3.05) is 25.0 Å². The number of rotatable bonds is 7. The third-order valence-corrected chi connectivity index (χ3v) is 3.47. The van der Waals surface area contributed by atoms with Crippen LogP contribution in [0.3, 0.4) is 0 Å².